The summed E-state index contributed by atoms with van der Waals surface area (Å²) in [5, 5.41) is 3.10. The quantitative estimate of drug-likeness (QED) is 0.501. The summed E-state index contributed by atoms with van der Waals surface area (Å²) in [7, 11) is -2.49. The van der Waals surface area contributed by atoms with Crippen LogP contribution in [0.5, 0.6) is 5.75 Å². The largest absolute Gasteiger partial charge is 0.495 e. The second kappa shape index (κ2) is 12.1. The normalized spacial score (nSPS) is 12.1. The van der Waals surface area contributed by atoms with Crippen LogP contribution in [0.4, 0.5) is 5.69 Å². The lowest BCUT2D eigenvalue weighted by Crippen LogP contribution is -2.51. The van der Waals surface area contributed by atoms with Crippen molar-refractivity contribution in [2.45, 2.75) is 39.8 Å². The molecule has 0 radical (unpaired) electrons. The number of benzene rings is 2. The van der Waals surface area contributed by atoms with E-state index in [1.165, 1.54) is 24.1 Å². The van der Waals surface area contributed by atoms with Crippen LogP contribution in [-0.4, -0.2) is 57.6 Å². The zero-order valence-electron chi connectivity index (χ0n) is 20.2. The molecule has 0 spiro atoms. The smallest absolute Gasteiger partial charge is 0.244 e. The zero-order valence-corrected chi connectivity index (χ0v) is 21.7. The molecule has 186 valence electrons. The predicted molar refractivity (Wildman–Crippen MR) is 135 cm³/mol. The molecule has 1 atom stereocenters. The van der Waals surface area contributed by atoms with Crippen molar-refractivity contribution < 1.29 is 22.7 Å². The standard InChI is InChI=1S/C24H32ClN3O5S/c1-6-13-26-24(30)18(3)27(15-19-10-8-7-9-17(19)2)23(29)16-28(34(5,31)32)21-14-20(25)11-12-22(21)33-4/h7-12,14,18H,6,13,15-16H2,1-5H3,(H,26,30)/t18-/m1/s1. The van der Waals surface area contributed by atoms with Crippen molar-refractivity contribution in [2.75, 3.05) is 30.8 Å². The zero-order chi connectivity index (χ0) is 25.5. The Kier molecular flexibility index (Phi) is 9.76. The van der Waals surface area contributed by atoms with Gasteiger partial charge < -0.3 is 15.0 Å². The van der Waals surface area contributed by atoms with Crippen LogP contribution in [0.25, 0.3) is 0 Å². The highest BCUT2D eigenvalue weighted by Crippen LogP contribution is 2.33. The van der Waals surface area contributed by atoms with E-state index in [-0.39, 0.29) is 23.9 Å². The molecule has 8 nitrogen and oxygen atoms in total. The Balaban J connectivity index is 2.46. The molecule has 2 aromatic rings. The summed E-state index contributed by atoms with van der Waals surface area (Å²) >= 11 is 6.11. The van der Waals surface area contributed by atoms with Gasteiger partial charge in [0.1, 0.15) is 18.3 Å². The maximum Gasteiger partial charge on any atom is 0.244 e. The lowest BCUT2D eigenvalue weighted by Gasteiger charge is -2.32. The molecule has 0 aliphatic heterocycles. The third-order valence-corrected chi connectivity index (χ3v) is 6.77. The Morgan fingerprint density at radius 3 is 2.44 bits per heavy atom. The number of rotatable bonds is 11. The van der Waals surface area contributed by atoms with Crippen molar-refractivity contribution >= 4 is 39.1 Å². The first kappa shape index (κ1) is 27.5. The molecule has 2 amide bonds. The fourth-order valence-electron chi connectivity index (χ4n) is 3.40. The molecule has 0 aliphatic rings. The molecule has 0 aromatic heterocycles. The summed E-state index contributed by atoms with van der Waals surface area (Å²) < 4.78 is 31.7. The van der Waals surface area contributed by atoms with E-state index in [9.17, 15) is 18.0 Å². The number of nitrogens with one attached hydrogen (secondary N) is 1. The van der Waals surface area contributed by atoms with E-state index >= 15 is 0 Å². The minimum Gasteiger partial charge on any atom is -0.495 e. The summed E-state index contributed by atoms with van der Waals surface area (Å²) in [6.07, 6.45) is 1.75. The number of methoxy groups -OCH3 is 1. The summed E-state index contributed by atoms with van der Waals surface area (Å²) in [4.78, 5) is 27.7. The molecule has 0 saturated carbocycles. The summed E-state index contributed by atoms with van der Waals surface area (Å²) in [6.45, 7) is 5.59. The Morgan fingerprint density at radius 1 is 1.18 bits per heavy atom. The molecule has 0 aliphatic carbocycles. The van der Waals surface area contributed by atoms with E-state index in [0.29, 0.717) is 11.6 Å². The lowest BCUT2D eigenvalue weighted by molar-refractivity contribution is -0.139. The monoisotopic (exact) mass is 509 g/mol. The van der Waals surface area contributed by atoms with Gasteiger partial charge >= 0.3 is 0 Å². The fraction of sp³-hybridized carbons (Fsp3) is 0.417. The molecule has 0 bridgehead atoms. The van der Waals surface area contributed by atoms with Gasteiger partial charge in [-0.25, -0.2) is 8.42 Å². The maximum absolute atomic E-state index is 13.6. The van der Waals surface area contributed by atoms with Gasteiger partial charge in [-0.05, 0) is 49.6 Å². The number of carbonyl (C=O) groups is 2. The maximum atomic E-state index is 13.6. The summed E-state index contributed by atoms with van der Waals surface area (Å²) in [5.41, 5.74) is 1.96. The van der Waals surface area contributed by atoms with Crippen LogP contribution >= 0.6 is 11.6 Å². The molecule has 2 rings (SSSR count). The first-order valence-electron chi connectivity index (χ1n) is 10.9. The number of hydrogen-bond acceptors (Lipinski definition) is 5. The van der Waals surface area contributed by atoms with Crippen LogP contribution in [0.2, 0.25) is 5.02 Å². The molecule has 0 unspecified atom stereocenters. The van der Waals surface area contributed by atoms with E-state index in [4.69, 9.17) is 16.3 Å². The van der Waals surface area contributed by atoms with Crippen molar-refractivity contribution in [1.82, 2.24) is 10.2 Å². The molecular formula is C24H32ClN3O5S. The first-order valence-corrected chi connectivity index (χ1v) is 13.1. The van der Waals surface area contributed by atoms with Crippen molar-refractivity contribution in [2.24, 2.45) is 0 Å². The predicted octanol–water partition coefficient (Wildman–Crippen LogP) is 3.37. The number of halogens is 1. The molecule has 0 fully saturated rings. The van der Waals surface area contributed by atoms with Gasteiger partial charge in [0.05, 0.1) is 19.1 Å². The average Bonchev–Trinajstić information content (AvgIpc) is 2.79. The van der Waals surface area contributed by atoms with Gasteiger partial charge in [0, 0.05) is 18.1 Å². The number of amides is 2. The minimum atomic E-state index is -3.89. The number of sulfonamides is 1. The van der Waals surface area contributed by atoms with Crippen LogP contribution in [0, 0.1) is 6.92 Å². The van der Waals surface area contributed by atoms with Crippen LogP contribution in [0.1, 0.15) is 31.4 Å². The summed E-state index contributed by atoms with van der Waals surface area (Å²) in [6, 6.07) is 11.2. The average molecular weight is 510 g/mol. The third kappa shape index (κ3) is 7.11. The van der Waals surface area contributed by atoms with E-state index in [1.54, 1.807) is 13.0 Å². The molecule has 1 N–H and O–H groups in total. The fourth-order valence-corrected chi connectivity index (χ4v) is 4.41. The van der Waals surface area contributed by atoms with Crippen molar-refractivity contribution in [1.29, 1.82) is 0 Å². The van der Waals surface area contributed by atoms with Gasteiger partial charge in [0.25, 0.3) is 0 Å². The van der Waals surface area contributed by atoms with Crippen molar-refractivity contribution in [3.63, 3.8) is 0 Å². The molecule has 0 heterocycles. The topological polar surface area (TPSA) is 96.0 Å². The van der Waals surface area contributed by atoms with Crippen LogP contribution in [-0.2, 0) is 26.2 Å². The molecule has 0 saturated heterocycles. The van der Waals surface area contributed by atoms with Crippen molar-refractivity contribution in [3.05, 3.63) is 58.6 Å². The minimum absolute atomic E-state index is 0.143. The third-order valence-electron chi connectivity index (χ3n) is 5.41. The Morgan fingerprint density at radius 2 is 1.85 bits per heavy atom. The van der Waals surface area contributed by atoms with Gasteiger partial charge in [-0.3, -0.25) is 13.9 Å². The highest BCUT2D eigenvalue weighted by molar-refractivity contribution is 7.92. The highest BCUT2D eigenvalue weighted by atomic mass is 35.5. The number of hydrogen-bond donors (Lipinski definition) is 1. The number of carbonyl (C=O) groups excluding carboxylic acids is 2. The van der Waals surface area contributed by atoms with Crippen LogP contribution in [0.3, 0.4) is 0 Å². The number of ether oxygens (including phenoxy) is 1. The first-order chi connectivity index (χ1) is 16.0. The van der Waals surface area contributed by atoms with Gasteiger partial charge in [0.15, 0.2) is 0 Å². The Bertz CT molecular complexity index is 1120. The van der Waals surface area contributed by atoms with Crippen molar-refractivity contribution in [3.8, 4) is 5.75 Å². The van der Waals surface area contributed by atoms with Gasteiger partial charge in [-0.2, -0.15) is 0 Å². The van der Waals surface area contributed by atoms with Crippen LogP contribution in [0.15, 0.2) is 42.5 Å². The van der Waals surface area contributed by atoms with E-state index < -0.39 is 28.5 Å². The van der Waals surface area contributed by atoms with Gasteiger partial charge in [-0.1, -0.05) is 42.8 Å². The Labute approximate surface area is 206 Å². The molecule has 34 heavy (non-hydrogen) atoms. The van der Waals surface area contributed by atoms with E-state index in [1.807, 2.05) is 38.1 Å². The Hall–Kier alpha value is -2.78. The number of nitrogens with zero attached hydrogens (tertiary/aromatic N) is 2. The van der Waals surface area contributed by atoms with Gasteiger partial charge in [0.2, 0.25) is 21.8 Å². The summed E-state index contributed by atoms with van der Waals surface area (Å²) in [5.74, 6) is -0.591. The molecular weight excluding hydrogens is 478 g/mol. The number of anilines is 1. The highest BCUT2D eigenvalue weighted by Gasteiger charge is 2.31. The van der Waals surface area contributed by atoms with Crippen LogP contribution < -0.4 is 14.4 Å². The second-order valence-electron chi connectivity index (χ2n) is 8.00. The van der Waals surface area contributed by atoms with E-state index in [0.717, 1.165) is 28.1 Å². The molecule has 2 aromatic carbocycles. The number of aryl methyl sites for hydroxylation is 1. The molecule has 10 heteroatoms. The second-order valence-corrected chi connectivity index (χ2v) is 10.3. The lowest BCUT2D eigenvalue weighted by atomic mass is 10.1. The van der Waals surface area contributed by atoms with Gasteiger partial charge in [-0.15, -0.1) is 0 Å². The van der Waals surface area contributed by atoms with E-state index in [2.05, 4.69) is 5.32 Å². The SMILES string of the molecule is CCCNC(=O)[C@@H](C)N(Cc1ccccc1C)C(=O)CN(c1cc(Cl)ccc1OC)S(C)(=O)=O.